The Balaban J connectivity index is 2.67. The van der Waals surface area contributed by atoms with Crippen LogP contribution in [0.3, 0.4) is 0 Å². The fourth-order valence-corrected chi connectivity index (χ4v) is 2.45. The maximum Gasteiger partial charge on any atom is 0.351 e. The molecule has 1 aromatic carbocycles. The normalized spacial score (nSPS) is 17.2. The minimum absolute atomic E-state index is 0.0350. The fourth-order valence-electron chi connectivity index (χ4n) is 2.04. The number of rotatable bonds is 3. The Morgan fingerprint density at radius 2 is 1.91 bits per heavy atom. The summed E-state index contributed by atoms with van der Waals surface area (Å²) in [6, 6.07) is 4.65. The van der Waals surface area contributed by atoms with E-state index in [0.717, 1.165) is 13.4 Å². The van der Waals surface area contributed by atoms with Gasteiger partial charge in [0.25, 0.3) is 0 Å². The predicted molar refractivity (Wildman–Crippen MR) is 83.0 cm³/mol. The van der Waals surface area contributed by atoms with Crippen molar-refractivity contribution < 1.29 is 28.9 Å². The lowest BCUT2D eigenvalue weighted by Crippen LogP contribution is -2.30. The molecule has 0 aliphatic carbocycles. The molecule has 1 unspecified atom stereocenters. The third-order valence-corrected chi connectivity index (χ3v) is 3.98. The molecule has 1 aromatic rings. The van der Waals surface area contributed by atoms with Gasteiger partial charge in [0.05, 0.1) is 29.8 Å². The number of benzene rings is 1. The van der Waals surface area contributed by atoms with E-state index in [1.807, 2.05) is 0 Å². The largest absolute Gasteiger partial charge is 0.506 e. The average molecular weight is 359 g/mol. The molecular formula is C15H12Cl2O6. The maximum atomic E-state index is 11.9. The molecule has 0 amide bonds. The standard InChI is InChI=1S/C15H12Cl2O6/c1-21-14(19)8-6-23-13(15(20)22-2)10(12(8)18)7-4-3-5-9(16)11(7)17/h3-6,13,18H,1-2H3. The van der Waals surface area contributed by atoms with Crippen LogP contribution < -0.4 is 0 Å². The van der Waals surface area contributed by atoms with Crippen LogP contribution in [0.15, 0.2) is 35.8 Å². The van der Waals surface area contributed by atoms with E-state index >= 15 is 0 Å². The predicted octanol–water partition coefficient (Wildman–Crippen LogP) is 2.89. The molecule has 1 aliphatic rings. The van der Waals surface area contributed by atoms with Crippen molar-refractivity contribution in [3.63, 3.8) is 0 Å². The van der Waals surface area contributed by atoms with Gasteiger partial charge in [-0.3, -0.25) is 0 Å². The summed E-state index contributed by atoms with van der Waals surface area (Å²) in [5.74, 6) is -2.10. The van der Waals surface area contributed by atoms with Gasteiger partial charge in [0, 0.05) is 5.56 Å². The first-order valence-electron chi connectivity index (χ1n) is 6.32. The van der Waals surface area contributed by atoms with Gasteiger partial charge in [-0.05, 0) is 6.07 Å². The first kappa shape index (κ1) is 17.2. The zero-order chi connectivity index (χ0) is 17.1. The summed E-state index contributed by atoms with van der Waals surface area (Å²) < 4.78 is 14.5. The van der Waals surface area contributed by atoms with Gasteiger partial charge in [0.2, 0.25) is 6.10 Å². The third-order valence-electron chi connectivity index (χ3n) is 3.16. The molecule has 0 saturated carbocycles. The van der Waals surface area contributed by atoms with Crippen LogP contribution in [0, 0.1) is 0 Å². The van der Waals surface area contributed by atoms with Crippen LogP contribution in [0.2, 0.25) is 10.0 Å². The van der Waals surface area contributed by atoms with Gasteiger partial charge < -0.3 is 19.3 Å². The van der Waals surface area contributed by atoms with Crippen molar-refractivity contribution in [2.75, 3.05) is 14.2 Å². The molecule has 0 radical (unpaired) electrons. The topological polar surface area (TPSA) is 82.1 Å². The lowest BCUT2D eigenvalue weighted by atomic mass is 9.94. The number of methoxy groups -OCH3 is 2. The zero-order valence-electron chi connectivity index (χ0n) is 12.1. The van der Waals surface area contributed by atoms with Crippen molar-refractivity contribution in [1.82, 2.24) is 0 Å². The Morgan fingerprint density at radius 1 is 1.22 bits per heavy atom. The van der Waals surface area contributed by atoms with Crippen LogP contribution >= 0.6 is 23.2 Å². The van der Waals surface area contributed by atoms with E-state index in [-0.39, 0.29) is 26.8 Å². The molecular weight excluding hydrogens is 347 g/mol. The van der Waals surface area contributed by atoms with E-state index in [1.54, 1.807) is 12.1 Å². The molecule has 0 spiro atoms. The van der Waals surface area contributed by atoms with Crippen molar-refractivity contribution in [3.05, 3.63) is 51.4 Å². The molecule has 1 N–H and O–H groups in total. The lowest BCUT2D eigenvalue weighted by Gasteiger charge is -2.25. The van der Waals surface area contributed by atoms with Crippen molar-refractivity contribution >= 4 is 40.7 Å². The number of carbonyl (C=O) groups excluding carboxylic acids is 2. The zero-order valence-corrected chi connectivity index (χ0v) is 13.6. The van der Waals surface area contributed by atoms with E-state index < -0.39 is 23.8 Å². The van der Waals surface area contributed by atoms with Crippen molar-refractivity contribution in [1.29, 1.82) is 0 Å². The molecule has 122 valence electrons. The highest BCUT2D eigenvalue weighted by atomic mass is 35.5. The second kappa shape index (κ2) is 6.93. The second-order valence-corrected chi connectivity index (χ2v) is 5.21. The SMILES string of the molecule is COC(=O)C1=COC(C(=O)OC)C(c2cccc(Cl)c2Cl)=C1O. The Bertz CT molecular complexity index is 723. The van der Waals surface area contributed by atoms with E-state index in [9.17, 15) is 14.7 Å². The monoisotopic (exact) mass is 358 g/mol. The Hall–Kier alpha value is -2.18. The van der Waals surface area contributed by atoms with Gasteiger partial charge in [0.15, 0.2) is 0 Å². The molecule has 1 atom stereocenters. The molecule has 0 fully saturated rings. The van der Waals surface area contributed by atoms with Gasteiger partial charge in [-0.25, -0.2) is 9.59 Å². The number of hydrogen-bond donors (Lipinski definition) is 1. The lowest BCUT2D eigenvalue weighted by molar-refractivity contribution is -0.148. The Kier molecular flexibility index (Phi) is 5.18. The number of ether oxygens (including phenoxy) is 3. The summed E-state index contributed by atoms with van der Waals surface area (Å²) in [5, 5.41) is 10.7. The highest BCUT2D eigenvalue weighted by Crippen LogP contribution is 2.38. The van der Waals surface area contributed by atoms with Crippen molar-refractivity contribution in [2.24, 2.45) is 0 Å². The van der Waals surface area contributed by atoms with E-state index in [0.29, 0.717) is 0 Å². The quantitative estimate of drug-likeness (QED) is 0.836. The number of aliphatic hydroxyl groups excluding tert-OH is 1. The molecule has 23 heavy (non-hydrogen) atoms. The molecule has 0 aromatic heterocycles. The van der Waals surface area contributed by atoms with Crippen LogP contribution in [0.5, 0.6) is 0 Å². The molecule has 0 saturated heterocycles. The molecule has 2 rings (SSSR count). The number of aliphatic hydroxyl groups is 1. The van der Waals surface area contributed by atoms with Crippen molar-refractivity contribution in [2.45, 2.75) is 6.10 Å². The molecule has 8 heteroatoms. The molecule has 1 heterocycles. The number of carbonyl (C=O) groups is 2. The first-order chi connectivity index (χ1) is 10.9. The van der Waals surface area contributed by atoms with Crippen LogP contribution in [0.4, 0.5) is 0 Å². The molecule has 1 aliphatic heterocycles. The number of hydrogen-bond acceptors (Lipinski definition) is 6. The Labute approximate surface area is 141 Å². The van der Waals surface area contributed by atoms with Gasteiger partial charge >= 0.3 is 11.9 Å². The number of esters is 2. The van der Waals surface area contributed by atoms with E-state index in [2.05, 4.69) is 9.47 Å². The van der Waals surface area contributed by atoms with Crippen molar-refractivity contribution in [3.8, 4) is 0 Å². The summed E-state index contributed by atoms with van der Waals surface area (Å²) in [4.78, 5) is 23.6. The molecule has 0 bridgehead atoms. The highest BCUT2D eigenvalue weighted by Gasteiger charge is 2.37. The van der Waals surface area contributed by atoms with Gasteiger partial charge in [-0.1, -0.05) is 35.3 Å². The van der Waals surface area contributed by atoms with Gasteiger partial charge in [-0.15, -0.1) is 0 Å². The minimum Gasteiger partial charge on any atom is -0.506 e. The van der Waals surface area contributed by atoms with Crippen LogP contribution in [0.25, 0.3) is 5.57 Å². The first-order valence-corrected chi connectivity index (χ1v) is 7.07. The number of halogens is 2. The maximum absolute atomic E-state index is 11.9. The van der Waals surface area contributed by atoms with Crippen LogP contribution in [-0.2, 0) is 23.8 Å². The van der Waals surface area contributed by atoms with Crippen LogP contribution in [-0.4, -0.2) is 37.4 Å². The minimum atomic E-state index is -1.30. The third kappa shape index (κ3) is 3.13. The fraction of sp³-hybridized carbons (Fsp3) is 0.200. The Morgan fingerprint density at radius 3 is 2.52 bits per heavy atom. The van der Waals surface area contributed by atoms with Gasteiger partial charge in [0.1, 0.15) is 17.6 Å². The van der Waals surface area contributed by atoms with Crippen LogP contribution in [0.1, 0.15) is 5.56 Å². The highest BCUT2D eigenvalue weighted by molar-refractivity contribution is 6.43. The second-order valence-electron chi connectivity index (χ2n) is 4.43. The average Bonchev–Trinajstić information content (AvgIpc) is 2.56. The van der Waals surface area contributed by atoms with E-state index in [1.165, 1.54) is 13.2 Å². The summed E-state index contributed by atoms with van der Waals surface area (Å²) >= 11 is 12.1. The van der Waals surface area contributed by atoms with Gasteiger partial charge in [-0.2, -0.15) is 0 Å². The van der Waals surface area contributed by atoms with E-state index in [4.69, 9.17) is 27.9 Å². The smallest absolute Gasteiger partial charge is 0.351 e. The summed E-state index contributed by atoms with van der Waals surface area (Å²) in [6.45, 7) is 0. The summed E-state index contributed by atoms with van der Waals surface area (Å²) in [5.41, 5.74) is -0.0486. The summed E-state index contributed by atoms with van der Waals surface area (Å²) in [6.07, 6.45) is -0.366. The summed E-state index contributed by atoms with van der Waals surface area (Å²) in [7, 11) is 2.31. The molecule has 6 nitrogen and oxygen atoms in total.